The van der Waals surface area contributed by atoms with E-state index in [-0.39, 0.29) is 40.6 Å². The van der Waals surface area contributed by atoms with Crippen LogP contribution in [0.5, 0.6) is 0 Å². The van der Waals surface area contributed by atoms with Crippen molar-refractivity contribution >= 4 is 35.1 Å². The van der Waals surface area contributed by atoms with Crippen LogP contribution in [0.4, 0.5) is 0 Å². The molecule has 0 saturated carbocycles. The van der Waals surface area contributed by atoms with Crippen molar-refractivity contribution < 1.29 is 14.7 Å². The molecule has 4 rings (SSSR count). The first kappa shape index (κ1) is 17.5. The van der Waals surface area contributed by atoms with Crippen molar-refractivity contribution in [1.29, 1.82) is 0 Å². The lowest BCUT2D eigenvalue weighted by atomic mass is 9.92. The second kappa shape index (κ2) is 7.40. The maximum Gasteiger partial charge on any atom is 0.165 e. The average Bonchev–Trinajstić information content (AvgIpc) is 3.38. The minimum Gasteiger partial charge on any atom is -0.395 e. The van der Waals surface area contributed by atoms with Crippen molar-refractivity contribution in [3.63, 3.8) is 0 Å². The van der Waals surface area contributed by atoms with Crippen molar-refractivity contribution in [2.75, 3.05) is 18.4 Å². The van der Waals surface area contributed by atoms with Gasteiger partial charge in [-0.3, -0.25) is 14.9 Å². The molecule has 1 aromatic rings. The van der Waals surface area contributed by atoms with Crippen molar-refractivity contribution in [3.05, 3.63) is 35.4 Å². The van der Waals surface area contributed by atoms with E-state index in [9.17, 15) is 14.7 Å². The summed E-state index contributed by atoms with van der Waals surface area (Å²) in [4.78, 5) is 26.1. The molecule has 2 saturated heterocycles. The first-order chi connectivity index (χ1) is 12.2. The van der Waals surface area contributed by atoms with E-state index in [0.717, 1.165) is 12.8 Å². The molecular weight excluding hydrogens is 356 g/mol. The Balaban J connectivity index is 1.46. The summed E-state index contributed by atoms with van der Waals surface area (Å²) >= 11 is 3.07. The lowest BCUT2D eigenvalue weighted by Gasteiger charge is -2.24. The van der Waals surface area contributed by atoms with E-state index >= 15 is 0 Å². The number of aliphatic hydroxyl groups excluding tert-OH is 1. The lowest BCUT2D eigenvalue weighted by Crippen LogP contribution is -2.50. The number of nitrogens with one attached hydrogen (secondary N) is 2. The molecule has 0 bridgehead atoms. The Bertz CT molecular complexity index is 659. The van der Waals surface area contributed by atoms with Crippen molar-refractivity contribution in [2.45, 2.75) is 35.4 Å². The highest BCUT2D eigenvalue weighted by molar-refractivity contribution is 8.01. The number of fused-ring (bicyclic) bond motifs is 1. The third-order valence-corrected chi connectivity index (χ3v) is 7.81. The van der Waals surface area contributed by atoms with Gasteiger partial charge in [0.15, 0.2) is 11.6 Å². The van der Waals surface area contributed by atoms with Gasteiger partial charge in [-0.25, -0.2) is 0 Å². The monoisotopic (exact) mass is 378 g/mol. The van der Waals surface area contributed by atoms with Crippen molar-refractivity contribution in [3.8, 4) is 0 Å². The van der Waals surface area contributed by atoms with Gasteiger partial charge in [0.2, 0.25) is 0 Å². The first-order valence-electron chi connectivity index (χ1n) is 8.64. The summed E-state index contributed by atoms with van der Waals surface area (Å²) < 4.78 is 0. The van der Waals surface area contributed by atoms with Gasteiger partial charge in [-0.1, -0.05) is 24.3 Å². The summed E-state index contributed by atoms with van der Waals surface area (Å²) in [5.74, 6) is 1.51. The van der Waals surface area contributed by atoms with Gasteiger partial charge >= 0.3 is 0 Å². The maximum absolute atomic E-state index is 13.1. The standard InChI is InChI=1S/C18H22N2O3S2/c21-7-13-17(24-8-19-13)16(23)14-18(25-9-20-14)15(22)12-5-10-3-1-2-4-11(10)6-12/h1-4,12-14,17-21H,5-9H2/t13-,14-,17?,18?/m1/s1. The quantitative estimate of drug-likeness (QED) is 0.692. The lowest BCUT2D eigenvalue weighted by molar-refractivity contribution is -0.127. The van der Waals surface area contributed by atoms with Gasteiger partial charge < -0.3 is 10.4 Å². The Morgan fingerprint density at radius 2 is 1.64 bits per heavy atom. The zero-order valence-electron chi connectivity index (χ0n) is 13.8. The van der Waals surface area contributed by atoms with Crippen LogP contribution in [0.25, 0.3) is 0 Å². The minimum atomic E-state index is -0.437. The minimum absolute atomic E-state index is 0.0203. The molecule has 0 aromatic heterocycles. The molecule has 3 N–H and O–H groups in total. The van der Waals surface area contributed by atoms with Crippen LogP contribution in [-0.2, 0) is 22.4 Å². The van der Waals surface area contributed by atoms with E-state index in [2.05, 4.69) is 22.8 Å². The summed E-state index contributed by atoms with van der Waals surface area (Å²) in [5.41, 5.74) is 2.52. The Hall–Kier alpha value is -0.860. The Labute approximate surface area is 155 Å². The van der Waals surface area contributed by atoms with Gasteiger partial charge in [-0.2, -0.15) is 0 Å². The fourth-order valence-electron chi connectivity index (χ4n) is 4.01. The fourth-order valence-corrected chi connectivity index (χ4v) is 6.46. The zero-order valence-corrected chi connectivity index (χ0v) is 15.4. The molecule has 0 spiro atoms. The van der Waals surface area contributed by atoms with Gasteiger partial charge in [-0.05, 0) is 24.0 Å². The molecule has 5 nitrogen and oxygen atoms in total. The summed E-state index contributed by atoms with van der Waals surface area (Å²) in [6, 6.07) is 7.58. The Kier molecular flexibility index (Phi) is 5.20. The molecule has 2 aliphatic heterocycles. The van der Waals surface area contributed by atoms with E-state index in [0.29, 0.717) is 11.8 Å². The maximum atomic E-state index is 13.1. The average molecular weight is 379 g/mol. The molecule has 0 amide bonds. The Morgan fingerprint density at radius 1 is 1.00 bits per heavy atom. The zero-order chi connectivity index (χ0) is 17.4. The molecule has 4 atom stereocenters. The van der Waals surface area contributed by atoms with Crippen LogP contribution < -0.4 is 10.6 Å². The molecule has 1 aromatic carbocycles. The van der Waals surface area contributed by atoms with Crippen molar-refractivity contribution in [2.24, 2.45) is 5.92 Å². The number of hydrogen-bond acceptors (Lipinski definition) is 7. The number of ketones is 2. The molecular formula is C18H22N2O3S2. The van der Waals surface area contributed by atoms with Crippen LogP contribution in [0.1, 0.15) is 11.1 Å². The predicted molar refractivity (Wildman–Crippen MR) is 101 cm³/mol. The number of thioether (sulfide) groups is 2. The van der Waals surface area contributed by atoms with E-state index in [1.807, 2.05) is 12.1 Å². The summed E-state index contributed by atoms with van der Waals surface area (Å²) in [5, 5.41) is 15.2. The molecule has 25 heavy (non-hydrogen) atoms. The van der Waals surface area contributed by atoms with Crippen LogP contribution in [0, 0.1) is 5.92 Å². The highest BCUT2D eigenvalue weighted by Gasteiger charge is 2.46. The second-order valence-corrected chi connectivity index (χ2v) is 9.08. The van der Waals surface area contributed by atoms with Crippen LogP contribution >= 0.6 is 23.5 Å². The van der Waals surface area contributed by atoms with Gasteiger partial charge in [0, 0.05) is 23.7 Å². The van der Waals surface area contributed by atoms with Gasteiger partial charge in [0.1, 0.15) is 0 Å². The summed E-state index contributed by atoms with van der Waals surface area (Å²) in [6.07, 6.45) is 1.57. The molecule has 2 unspecified atom stereocenters. The van der Waals surface area contributed by atoms with E-state index < -0.39 is 6.04 Å². The van der Waals surface area contributed by atoms with E-state index in [1.165, 1.54) is 22.9 Å². The number of carbonyl (C=O) groups excluding carboxylic acids is 2. The highest BCUT2D eigenvalue weighted by atomic mass is 32.2. The number of Topliss-reactive ketones (excluding diaryl/α,β-unsaturated/α-hetero) is 2. The molecule has 3 aliphatic rings. The second-order valence-electron chi connectivity index (χ2n) is 6.82. The molecule has 2 heterocycles. The molecule has 0 radical (unpaired) electrons. The molecule has 2 fully saturated rings. The van der Waals surface area contributed by atoms with Crippen LogP contribution in [0.3, 0.4) is 0 Å². The summed E-state index contributed by atoms with van der Waals surface area (Å²) in [6.45, 7) is -0.0557. The highest BCUT2D eigenvalue weighted by Crippen LogP contribution is 2.34. The number of aliphatic hydroxyl groups is 1. The SMILES string of the molecule is O=C(C1Cc2ccccc2C1)C1SCN[C@@H]1C(=O)C1SCN[C@@H]1CO. The normalized spacial score (nSPS) is 32.0. The number of rotatable bonds is 5. The molecule has 1 aliphatic carbocycles. The van der Waals surface area contributed by atoms with Crippen LogP contribution in [-0.4, -0.2) is 57.6 Å². The first-order valence-corrected chi connectivity index (χ1v) is 10.7. The molecule has 7 heteroatoms. The number of hydrogen-bond donors (Lipinski definition) is 3. The predicted octanol–water partition coefficient (Wildman–Crippen LogP) is 0.594. The smallest absolute Gasteiger partial charge is 0.165 e. The van der Waals surface area contributed by atoms with Crippen LogP contribution in [0.15, 0.2) is 24.3 Å². The van der Waals surface area contributed by atoms with Gasteiger partial charge in [0.25, 0.3) is 0 Å². The Morgan fingerprint density at radius 3 is 2.32 bits per heavy atom. The van der Waals surface area contributed by atoms with E-state index in [1.54, 1.807) is 11.8 Å². The van der Waals surface area contributed by atoms with Gasteiger partial charge in [-0.15, -0.1) is 23.5 Å². The van der Waals surface area contributed by atoms with Crippen LogP contribution in [0.2, 0.25) is 0 Å². The fraction of sp³-hybridized carbons (Fsp3) is 0.556. The number of benzene rings is 1. The largest absolute Gasteiger partial charge is 0.395 e. The summed E-state index contributed by atoms with van der Waals surface area (Å²) in [7, 11) is 0. The molecule has 134 valence electrons. The van der Waals surface area contributed by atoms with Gasteiger partial charge in [0.05, 0.1) is 23.1 Å². The third kappa shape index (κ3) is 3.28. The topological polar surface area (TPSA) is 78.4 Å². The van der Waals surface area contributed by atoms with E-state index in [4.69, 9.17) is 0 Å². The number of carbonyl (C=O) groups is 2. The van der Waals surface area contributed by atoms with Crippen molar-refractivity contribution in [1.82, 2.24) is 10.6 Å². The third-order valence-electron chi connectivity index (χ3n) is 5.36.